The van der Waals surface area contributed by atoms with Crippen LogP contribution in [-0.4, -0.2) is 45.4 Å². The number of nitro benzene ring substituents is 1. The Bertz CT molecular complexity index is 721. The summed E-state index contributed by atoms with van der Waals surface area (Å²) in [6.07, 6.45) is 3.46. The first kappa shape index (κ1) is 23.3. The normalized spacial score (nSPS) is 15.0. The number of sulfonamides is 1. The number of carbonyl (C=O) groups excluding carboxylic acids is 1. The van der Waals surface area contributed by atoms with Crippen LogP contribution < -0.4 is 15.4 Å². The standard InChI is InChI=1S/C16H24N4O5S.ClH/c21-16(6-1-13-7-9-17-10-8-13)18-11-12-19-26(24,25)15-4-2-14(3-5-15)20(22)23;/h2-5,13,17,19H,1,6-12H2,(H,18,21);1H. The van der Waals surface area contributed by atoms with Crippen LogP contribution in [0.5, 0.6) is 0 Å². The van der Waals surface area contributed by atoms with Crippen molar-refractivity contribution in [1.29, 1.82) is 0 Å². The number of nitro groups is 1. The molecule has 3 N–H and O–H groups in total. The third-order valence-electron chi connectivity index (χ3n) is 4.34. The number of nitrogens with one attached hydrogen (secondary N) is 3. The molecule has 1 aliphatic rings. The van der Waals surface area contributed by atoms with Gasteiger partial charge in [0.2, 0.25) is 15.9 Å². The van der Waals surface area contributed by atoms with Crippen molar-refractivity contribution in [3.8, 4) is 0 Å². The molecule has 2 rings (SSSR count). The summed E-state index contributed by atoms with van der Waals surface area (Å²) in [4.78, 5) is 21.8. The van der Waals surface area contributed by atoms with Gasteiger partial charge in [-0.05, 0) is 50.4 Å². The topological polar surface area (TPSA) is 130 Å². The molecular formula is C16H25ClN4O5S. The zero-order valence-corrected chi connectivity index (χ0v) is 16.5. The van der Waals surface area contributed by atoms with Crippen molar-refractivity contribution >= 4 is 34.0 Å². The van der Waals surface area contributed by atoms with Crippen molar-refractivity contribution in [2.75, 3.05) is 26.2 Å². The van der Waals surface area contributed by atoms with E-state index in [2.05, 4.69) is 15.4 Å². The van der Waals surface area contributed by atoms with Crippen molar-refractivity contribution in [1.82, 2.24) is 15.4 Å². The van der Waals surface area contributed by atoms with Gasteiger partial charge in [0.1, 0.15) is 0 Å². The fourth-order valence-corrected chi connectivity index (χ4v) is 3.84. The highest BCUT2D eigenvalue weighted by molar-refractivity contribution is 7.89. The molecule has 0 bridgehead atoms. The summed E-state index contributed by atoms with van der Waals surface area (Å²) in [5.41, 5.74) is -0.176. The number of hydrogen-bond donors (Lipinski definition) is 3. The van der Waals surface area contributed by atoms with Crippen molar-refractivity contribution < 1.29 is 18.1 Å². The van der Waals surface area contributed by atoms with Crippen LogP contribution >= 0.6 is 12.4 Å². The number of non-ortho nitro benzene ring substituents is 1. The summed E-state index contributed by atoms with van der Waals surface area (Å²) in [5, 5.41) is 16.6. The first-order chi connectivity index (χ1) is 12.4. The summed E-state index contributed by atoms with van der Waals surface area (Å²) < 4.78 is 26.5. The van der Waals surface area contributed by atoms with E-state index in [0.717, 1.165) is 44.5 Å². The zero-order chi connectivity index (χ0) is 19.0. The summed E-state index contributed by atoms with van der Waals surface area (Å²) >= 11 is 0. The van der Waals surface area contributed by atoms with Crippen LogP contribution in [0.15, 0.2) is 29.2 Å². The number of benzene rings is 1. The summed E-state index contributed by atoms with van der Waals surface area (Å²) in [6.45, 7) is 2.24. The van der Waals surface area contributed by atoms with Crippen LogP contribution in [0.3, 0.4) is 0 Å². The Morgan fingerprint density at radius 1 is 1.19 bits per heavy atom. The second kappa shape index (κ2) is 11.2. The Balaban J connectivity index is 0.00000364. The highest BCUT2D eigenvalue weighted by Gasteiger charge is 2.16. The average Bonchev–Trinajstić information content (AvgIpc) is 2.64. The van der Waals surface area contributed by atoms with Crippen LogP contribution in [0.2, 0.25) is 0 Å². The van der Waals surface area contributed by atoms with Crippen molar-refractivity contribution in [2.24, 2.45) is 5.92 Å². The first-order valence-electron chi connectivity index (χ1n) is 8.60. The van der Waals surface area contributed by atoms with E-state index in [9.17, 15) is 23.3 Å². The van der Waals surface area contributed by atoms with Gasteiger partial charge in [0.25, 0.3) is 5.69 Å². The highest BCUT2D eigenvalue weighted by Crippen LogP contribution is 2.17. The summed E-state index contributed by atoms with van der Waals surface area (Å²) in [6, 6.07) is 4.63. The van der Waals surface area contributed by atoms with Crippen LogP contribution in [0.25, 0.3) is 0 Å². The van der Waals surface area contributed by atoms with Crippen LogP contribution in [0, 0.1) is 16.0 Å². The third-order valence-corrected chi connectivity index (χ3v) is 5.81. The van der Waals surface area contributed by atoms with Gasteiger partial charge in [-0.2, -0.15) is 0 Å². The molecule has 0 aromatic heterocycles. The molecule has 0 saturated carbocycles. The molecule has 27 heavy (non-hydrogen) atoms. The van der Waals surface area contributed by atoms with E-state index in [1.807, 2.05) is 0 Å². The minimum Gasteiger partial charge on any atom is -0.355 e. The van der Waals surface area contributed by atoms with Gasteiger partial charge in [0.15, 0.2) is 0 Å². The molecule has 1 aromatic carbocycles. The van der Waals surface area contributed by atoms with Gasteiger partial charge in [-0.15, -0.1) is 12.4 Å². The summed E-state index contributed by atoms with van der Waals surface area (Å²) in [5.74, 6) is 0.487. The smallest absolute Gasteiger partial charge is 0.269 e. The number of amides is 1. The fraction of sp³-hybridized carbons (Fsp3) is 0.562. The minimum atomic E-state index is -3.76. The Kier molecular flexibility index (Phi) is 9.64. The van der Waals surface area contributed by atoms with Crippen molar-refractivity contribution in [2.45, 2.75) is 30.6 Å². The maximum Gasteiger partial charge on any atom is 0.269 e. The van der Waals surface area contributed by atoms with Crippen molar-refractivity contribution in [3.05, 3.63) is 34.4 Å². The molecule has 1 aromatic rings. The molecule has 152 valence electrons. The number of halogens is 1. The van der Waals surface area contributed by atoms with Crippen LogP contribution in [0.4, 0.5) is 5.69 Å². The van der Waals surface area contributed by atoms with Crippen molar-refractivity contribution in [3.63, 3.8) is 0 Å². The number of nitrogens with zero attached hydrogens (tertiary/aromatic N) is 1. The Hall–Kier alpha value is -1.75. The number of hydrogen-bond acceptors (Lipinski definition) is 6. The minimum absolute atomic E-state index is 0. The van der Waals surface area contributed by atoms with E-state index in [1.54, 1.807) is 0 Å². The largest absolute Gasteiger partial charge is 0.355 e. The molecule has 1 amide bonds. The molecule has 1 saturated heterocycles. The van der Waals surface area contributed by atoms with E-state index in [0.29, 0.717) is 12.3 Å². The Labute approximate surface area is 164 Å². The second-order valence-corrected chi connectivity index (χ2v) is 8.00. The molecule has 9 nitrogen and oxygen atoms in total. The van der Waals surface area contributed by atoms with Gasteiger partial charge in [-0.25, -0.2) is 13.1 Å². The lowest BCUT2D eigenvalue weighted by Crippen LogP contribution is -2.35. The molecule has 1 aliphatic heterocycles. The number of rotatable bonds is 9. The Morgan fingerprint density at radius 3 is 2.41 bits per heavy atom. The third kappa shape index (κ3) is 7.79. The van der Waals surface area contributed by atoms with Gasteiger partial charge < -0.3 is 10.6 Å². The molecular weight excluding hydrogens is 396 g/mol. The maximum atomic E-state index is 12.1. The lowest BCUT2D eigenvalue weighted by atomic mass is 9.93. The zero-order valence-electron chi connectivity index (χ0n) is 14.8. The predicted molar refractivity (Wildman–Crippen MR) is 103 cm³/mol. The molecule has 0 aliphatic carbocycles. The van der Waals surface area contributed by atoms with Gasteiger partial charge >= 0.3 is 0 Å². The molecule has 1 fully saturated rings. The van der Waals surface area contributed by atoms with E-state index in [1.165, 1.54) is 12.1 Å². The van der Waals surface area contributed by atoms with Gasteiger partial charge in [-0.3, -0.25) is 14.9 Å². The van der Waals surface area contributed by atoms with E-state index in [4.69, 9.17) is 0 Å². The molecule has 0 radical (unpaired) electrons. The molecule has 0 spiro atoms. The van der Waals surface area contributed by atoms with Crippen LogP contribution in [0.1, 0.15) is 25.7 Å². The van der Waals surface area contributed by atoms with E-state index >= 15 is 0 Å². The first-order valence-corrected chi connectivity index (χ1v) is 10.1. The quantitative estimate of drug-likeness (QED) is 0.312. The number of piperidine rings is 1. The lowest BCUT2D eigenvalue weighted by molar-refractivity contribution is -0.384. The average molecular weight is 421 g/mol. The predicted octanol–water partition coefficient (Wildman–Crippen LogP) is 1.19. The number of carbonyl (C=O) groups is 1. The van der Waals surface area contributed by atoms with Gasteiger partial charge in [0, 0.05) is 31.6 Å². The molecule has 0 unspecified atom stereocenters. The van der Waals surface area contributed by atoms with E-state index in [-0.39, 0.29) is 42.0 Å². The second-order valence-electron chi connectivity index (χ2n) is 6.23. The molecule has 1 heterocycles. The Morgan fingerprint density at radius 2 is 1.81 bits per heavy atom. The highest BCUT2D eigenvalue weighted by atomic mass is 35.5. The lowest BCUT2D eigenvalue weighted by Gasteiger charge is -2.22. The fourth-order valence-electron chi connectivity index (χ4n) is 2.81. The van der Waals surface area contributed by atoms with Gasteiger partial charge in [0.05, 0.1) is 9.82 Å². The molecule has 0 atom stereocenters. The van der Waals surface area contributed by atoms with Gasteiger partial charge in [-0.1, -0.05) is 0 Å². The summed E-state index contributed by atoms with van der Waals surface area (Å²) in [7, 11) is -3.76. The van der Waals surface area contributed by atoms with E-state index < -0.39 is 14.9 Å². The monoisotopic (exact) mass is 420 g/mol. The SMILES string of the molecule is Cl.O=C(CCC1CCNCC1)NCCNS(=O)(=O)c1ccc([N+](=O)[O-])cc1. The van der Waals surface area contributed by atoms with Crippen LogP contribution in [-0.2, 0) is 14.8 Å². The molecule has 11 heteroatoms. The maximum absolute atomic E-state index is 12.1.